The number of rotatable bonds is 3. The number of nitrogens with one attached hydrogen (secondary N) is 1. The molecule has 0 amide bonds. The van der Waals surface area contributed by atoms with Gasteiger partial charge in [0.25, 0.3) is 0 Å². The van der Waals surface area contributed by atoms with Gasteiger partial charge in [0.05, 0.1) is 10.5 Å². The first-order chi connectivity index (χ1) is 8.11. The summed E-state index contributed by atoms with van der Waals surface area (Å²) in [7, 11) is 1.87. The van der Waals surface area contributed by atoms with Crippen molar-refractivity contribution in [2.24, 2.45) is 0 Å². The van der Waals surface area contributed by atoms with Gasteiger partial charge >= 0.3 is 0 Å². The van der Waals surface area contributed by atoms with Crippen LogP contribution >= 0.6 is 27.3 Å². The first-order valence-corrected chi connectivity index (χ1v) is 6.69. The number of aromatic nitrogens is 2. The largest absolute Gasteiger partial charge is 0.311 e. The van der Waals surface area contributed by atoms with Gasteiger partial charge in [0, 0.05) is 5.56 Å². The zero-order valence-electron chi connectivity index (χ0n) is 9.37. The summed E-state index contributed by atoms with van der Waals surface area (Å²) < 4.78 is 13.8. The standard InChI is InChI=1S/C11H11BrFN3S/c1-6(14-2)10-15-16-11(17-10)7-3-4-8(12)9(13)5-7/h3-6,14H,1-2H3. The van der Waals surface area contributed by atoms with Gasteiger partial charge in [-0.05, 0) is 42.0 Å². The van der Waals surface area contributed by atoms with Crippen molar-refractivity contribution in [3.05, 3.63) is 33.5 Å². The lowest BCUT2D eigenvalue weighted by Gasteiger charge is -2.03. The van der Waals surface area contributed by atoms with Crippen LogP contribution in [-0.2, 0) is 0 Å². The molecule has 0 spiro atoms. The summed E-state index contributed by atoms with van der Waals surface area (Å²) in [6.45, 7) is 2.01. The highest BCUT2D eigenvalue weighted by molar-refractivity contribution is 9.10. The Morgan fingerprint density at radius 3 is 2.82 bits per heavy atom. The van der Waals surface area contributed by atoms with Crippen LogP contribution in [0.15, 0.2) is 22.7 Å². The molecule has 1 heterocycles. The molecule has 0 saturated heterocycles. The molecule has 2 rings (SSSR count). The Bertz CT molecular complexity index is 529. The van der Waals surface area contributed by atoms with Crippen LogP contribution in [-0.4, -0.2) is 17.2 Å². The average molecular weight is 316 g/mol. The minimum atomic E-state index is -0.291. The molecule has 1 unspecified atom stereocenters. The fraction of sp³-hybridized carbons (Fsp3) is 0.273. The average Bonchev–Trinajstić information content (AvgIpc) is 2.81. The minimum Gasteiger partial charge on any atom is -0.311 e. The molecule has 1 aromatic carbocycles. The lowest BCUT2D eigenvalue weighted by atomic mass is 10.2. The molecule has 90 valence electrons. The van der Waals surface area contributed by atoms with Crippen molar-refractivity contribution in [1.29, 1.82) is 0 Å². The summed E-state index contributed by atoms with van der Waals surface area (Å²) in [5.41, 5.74) is 0.748. The molecule has 0 aliphatic heterocycles. The van der Waals surface area contributed by atoms with E-state index in [-0.39, 0.29) is 11.9 Å². The van der Waals surface area contributed by atoms with E-state index in [1.807, 2.05) is 20.0 Å². The first kappa shape index (κ1) is 12.6. The summed E-state index contributed by atoms with van der Waals surface area (Å²) in [6.07, 6.45) is 0. The number of benzene rings is 1. The Labute approximate surface area is 111 Å². The van der Waals surface area contributed by atoms with E-state index in [2.05, 4.69) is 31.4 Å². The van der Waals surface area contributed by atoms with Crippen LogP contribution in [0.2, 0.25) is 0 Å². The zero-order valence-corrected chi connectivity index (χ0v) is 11.8. The maximum Gasteiger partial charge on any atom is 0.147 e. The van der Waals surface area contributed by atoms with Gasteiger partial charge in [-0.3, -0.25) is 0 Å². The smallest absolute Gasteiger partial charge is 0.147 e. The SMILES string of the molecule is CNC(C)c1nnc(-c2ccc(Br)c(F)c2)s1. The monoisotopic (exact) mass is 315 g/mol. The maximum atomic E-state index is 13.4. The molecule has 0 saturated carbocycles. The molecular weight excluding hydrogens is 305 g/mol. The minimum absolute atomic E-state index is 0.154. The quantitative estimate of drug-likeness (QED) is 0.943. The lowest BCUT2D eigenvalue weighted by molar-refractivity contribution is 0.621. The summed E-state index contributed by atoms with van der Waals surface area (Å²) in [5, 5.41) is 12.9. The Kier molecular flexibility index (Phi) is 3.86. The predicted octanol–water partition coefficient (Wildman–Crippen LogP) is 3.39. The Balaban J connectivity index is 2.33. The molecule has 0 radical (unpaired) electrons. The van der Waals surface area contributed by atoms with Crippen LogP contribution in [0.25, 0.3) is 10.6 Å². The highest BCUT2D eigenvalue weighted by atomic mass is 79.9. The Hall–Kier alpha value is -0.850. The van der Waals surface area contributed by atoms with Crippen molar-refractivity contribution in [3.8, 4) is 10.6 Å². The molecular formula is C11H11BrFN3S. The van der Waals surface area contributed by atoms with E-state index < -0.39 is 0 Å². The highest BCUT2D eigenvalue weighted by Crippen LogP contribution is 2.28. The molecule has 0 aliphatic rings. The van der Waals surface area contributed by atoms with Crippen molar-refractivity contribution < 1.29 is 4.39 Å². The van der Waals surface area contributed by atoms with E-state index in [0.717, 1.165) is 15.6 Å². The number of nitrogens with zero attached hydrogens (tertiary/aromatic N) is 2. The van der Waals surface area contributed by atoms with Crippen molar-refractivity contribution >= 4 is 27.3 Å². The van der Waals surface area contributed by atoms with Crippen LogP contribution in [0.3, 0.4) is 0 Å². The van der Waals surface area contributed by atoms with Gasteiger partial charge < -0.3 is 5.32 Å². The van der Waals surface area contributed by atoms with Gasteiger partial charge in [-0.2, -0.15) is 0 Å². The lowest BCUT2D eigenvalue weighted by Crippen LogP contribution is -2.11. The second kappa shape index (κ2) is 5.20. The number of halogens is 2. The van der Waals surface area contributed by atoms with E-state index in [4.69, 9.17) is 0 Å². The summed E-state index contributed by atoms with van der Waals surface area (Å²) in [6, 6.07) is 5.11. The topological polar surface area (TPSA) is 37.8 Å². The molecule has 6 heteroatoms. The fourth-order valence-electron chi connectivity index (χ4n) is 1.28. The van der Waals surface area contributed by atoms with Crippen LogP contribution in [0, 0.1) is 5.82 Å². The first-order valence-electron chi connectivity index (χ1n) is 5.08. The van der Waals surface area contributed by atoms with E-state index >= 15 is 0 Å². The summed E-state index contributed by atoms with van der Waals surface area (Å²) >= 11 is 4.59. The molecule has 0 bridgehead atoms. The van der Waals surface area contributed by atoms with Crippen LogP contribution in [0.5, 0.6) is 0 Å². The third-order valence-corrected chi connectivity index (χ3v) is 4.21. The van der Waals surface area contributed by atoms with E-state index in [1.165, 1.54) is 17.4 Å². The van der Waals surface area contributed by atoms with Crippen molar-refractivity contribution in [1.82, 2.24) is 15.5 Å². The molecule has 1 aromatic heterocycles. The predicted molar refractivity (Wildman–Crippen MR) is 70.5 cm³/mol. The van der Waals surface area contributed by atoms with Crippen LogP contribution in [0.1, 0.15) is 18.0 Å². The Morgan fingerprint density at radius 2 is 2.18 bits per heavy atom. The van der Waals surface area contributed by atoms with Gasteiger partial charge in [-0.1, -0.05) is 17.4 Å². The molecule has 3 nitrogen and oxygen atoms in total. The van der Waals surface area contributed by atoms with Crippen molar-refractivity contribution in [2.75, 3.05) is 7.05 Å². The molecule has 0 fully saturated rings. The third kappa shape index (κ3) is 2.70. The van der Waals surface area contributed by atoms with E-state index in [1.54, 1.807) is 6.07 Å². The normalized spacial score (nSPS) is 12.7. The zero-order chi connectivity index (χ0) is 12.4. The molecule has 17 heavy (non-hydrogen) atoms. The van der Waals surface area contributed by atoms with E-state index in [0.29, 0.717) is 4.47 Å². The molecule has 2 aromatic rings. The summed E-state index contributed by atoms with van der Waals surface area (Å²) in [5.74, 6) is -0.291. The Morgan fingerprint density at radius 1 is 1.41 bits per heavy atom. The fourth-order valence-corrected chi connectivity index (χ4v) is 2.43. The maximum absolute atomic E-state index is 13.4. The van der Waals surface area contributed by atoms with Gasteiger partial charge in [-0.25, -0.2) is 4.39 Å². The van der Waals surface area contributed by atoms with Crippen molar-refractivity contribution in [2.45, 2.75) is 13.0 Å². The summed E-state index contributed by atoms with van der Waals surface area (Å²) in [4.78, 5) is 0. The van der Waals surface area contributed by atoms with Gasteiger partial charge in [0.2, 0.25) is 0 Å². The molecule has 1 N–H and O–H groups in total. The van der Waals surface area contributed by atoms with Crippen LogP contribution in [0.4, 0.5) is 4.39 Å². The van der Waals surface area contributed by atoms with E-state index in [9.17, 15) is 4.39 Å². The number of hydrogen-bond donors (Lipinski definition) is 1. The third-order valence-electron chi connectivity index (χ3n) is 2.41. The highest BCUT2D eigenvalue weighted by Gasteiger charge is 2.12. The van der Waals surface area contributed by atoms with Gasteiger partial charge in [0.1, 0.15) is 15.8 Å². The molecule has 0 aliphatic carbocycles. The molecule has 1 atom stereocenters. The van der Waals surface area contributed by atoms with Crippen LogP contribution < -0.4 is 5.32 Å². The second-order valence-corrected chi connectivity index (χ2v) is 5.45. The number of hydrogen-bond acceptors (Lipinski definition) is 4. The van der Waals surface area contributed by atoms with Gasteiger partial charge in [-0.15, -0.1) is 10.2 Å². The van der Waals surface area contributed by atoms with Crippen molar-refractivity contribution in [3.63, 3.8) is 0 Å². The van der Waals surface area contributed by atoms with Gasteiger partial charge in [0.15, 0.2) is 0 Å². The second-order valence-electron chi connectivity index (χ2n) is 3.58.